The van der Waals surface area contributed by atoms with E-state index in [1.54, 1.807) is 12.3 Å². The highest BCUT2D eigenvalue weighted by molar-refractivity contribution is 7.99. The van der Waals surface area contributed by atoms with Crippen molar-refractivity contribution in [2.75, 3.05) is 25.1 Å². The van der Waals surface area contributed by atoms with Gasteiger partial charge in [0.15, 0.2) is 5.82 Å². The molecule has 1 saturated heterocycles. The fourth-order valence-corrected chi connectivity index (χ4v) is 6.30. The van der Waals surface area contributed by atoms with Gasteiger partial charge in [0.05, 0.1) is 23.4 Å². The van der Waals surface area contributed by atoms with Crippen molar-refractivity contribution >= 4 is 40.8 Å². The van der Waals surface area contributed by atoms with Crippen molar-refractivity contribution in [2.45, 2.75) is 62.2 Å². The van der Waals surface area contributed by atoms with Gasteiger partial charge < -0.3 is 14.7 Å². The lowest BCUT2D eigenvalue weighted by molar-refractivity contribution is 0.0881. The van der Waals surface area contributed by atoms with E-state index in [0.29, 0.717) is 33.2 Å². The van der Waals surface area contributed by atoms with E-state index >= 15 is 0 Å². The number of aryl methyl sites for hydroxylation is 1. The zero-order valence-electron chi connectivity index (χ0n) is 18.1. The van der Waals surface area contributed by atoms with E-state index in [0.717, 1.165) is 55.2 Å². The lowest BCUT2D eigenvalue weighted by Crippen LogP contribution is -2.42. The highest BCUT2D eigenvalue weighted by Crippen LogP contribution is 2.51. The molecule has 2 atom stereocenters. The third kappa shape index (κ3) is 4.53. The maximum Gasteiger partial charge on any atom is 0.153 e. The summed E-state index contributed by atoms with van der Waals surface area (Å²) in [6.07, 6.45) is 6.50. The molecule has 0 aromatic carbocycles. The number of hydrogen-bond donors (Lipinski definition) is 1. The molecule has 3 heterocycles. The summed E-state index contributed by atoms with van der Waals surface area (Å²) in [5, 5.41) is 11.4. The van der Waals surface area contributed by atoms with Gasteiger partial charge in [0.1, 0.15) is 15.9 Å². The smallest absolute Gasteiger partial charge is 0.153 e. The van der Waals surface area contributed by atoms with Crippen LogP contribution in [0.5, 0.6) is 0 Å². The molecule has 1 saturated carbocycles. The number of hydrogen-bond acceptors (Lipinski definition) is 7. The molecule has 2 fully saturated rings. The van der Waals surface area contributed by atoms with E-state index in [2.05, 4.69) is 16.8 Å². The standard InChI is InChI=1S/C22H28Cl2N4O2S/c1-13-10-15(30-3)11-22(13)5-8-28(9-6-22)20-16(12-29)27-21(14(2)26-20)31-17-4-7-25-19(24)18(17)23/h4,7,13,15,29H,5-6,8-12H2,1-3H3/t13-,15-/m1/s1. The summed E-state index contributed by atoms with van der Waals surface area (Å²) in [5.41, 5.74) is 1.75. The molecule has 2 aliphatic rings. The fraction of sp³-hybridized carbons (Fsp3) is 0.591. The Morgan fingerprint density at radius 3 is 2.68 bits per heavy atom. The molecule has 1 aliphatic carbocycles. The first-order chi connectivity index (χ1) is 14.9. The SMILES string of the molecule is CO[C@@H]1C[C@@H](C)C2(CCN(c3nc(C)c(Sc4ccnc(Cl)c4Cl)nc3CO)CC2)C1. The Hall–Kier alpha value is -1.12. The molecular weight excluding hydrogens is 455 g/mol. The molecule has 2 aromatic heterocycles. The molecule has 2 aromatic rings. The molecule has 6 nitrogen and oxygen atoms in total. The van der Waals surface area contributed by atoms with E-state index in [4.69, 9.17) is 37.9 Å². The molecule has 4 rings (SSSR count). The minimum Gasteiger partial charge on any atom is -0.390 e. The normalized spacial score (nSPS) is 23.0. The zero-order valence-corrected chi connectivity index (χ0v) is 20.4. The van der Waals surface area contributed by atoms with Crippen molar-refractivity contribution in [2.24, 2.45) is 11.3 Å². The molecule has 1 aliphatic heterocycles. The first kappa shape index (κ1) is 23.1. The Morgan fingerprint density at radius 2 is 2.03 bits per heavy atom. The number of rotatable bonds is 5. The average Bonchev–Trinajstić information content (AvgIpc) is 3.08. The Morgan fingerprint density at radius 1 is 1.29 bits per heavy atom. The lowest BCUT2D eigenvalue weighted by atomic mass is 9.71. The van der Waals surface area contributed by atoms with Gasteiger partial charge in [-0.2, -0.15) is 0 Å². The summed E-state index contributed by atoms with van der Waals surface area (Å²) in [4.78, 5) is 16.6. The minimum absolute atomic E-state index is 0.162. The van der Waals surface area contributed by atoms with Gasteiger partial charge in [-0.1, -0.05) is 41.9 Å². The summed E-state index contributed by atoms with van der Waals surface area (Å²) < 4.78 is 5.66. The van der Waals surface area contributed by atoms with E-state index in [-0.39, 0.29) is 11.8 Å². The summed E-state index contributed by atoms with van der Waals surface area (Å²) in [5.74, 6) is 1.45. The highest BCUT2D eigenvalue weighted by Gasteiger charge is 2.46. The molecule has 1 spiro atoms. The summed E-state index contributed by atoms with van der Waals surface area (Å²) >= 11 is 13.7. The monoisotopic (exact) mass is 482 g/mol. The molecule has 9 heteroatoms. The van der Waals surface area contributed by atoms with E-state index in [1.165, 1.54) is 11.8 Å². The Labute approximate surface area is 197 Å². The molecule has 0 unspecified atom stereocenters. The van der Waals surface area contributed by atoms with Crippen LogP contribution in [0.25, 0.3) is 0 Å². The van der Waals surface area contributed by atoms with Crippen molar-refractivity contribution in [3.63, 3.8) is 0 Å². The van der Waals surface area contributed by atoms with Crippen LogP contribution in [-0.4, -0.2) is 46.4 Å². The van der Waals surface area contributed by atoms with Gasteiger partial charge in [-0.25, -0.2) is 15.0 Å². The Kier molecular flexibility index (Phi) is 6.99. The Bertz CT molecular complexity index is 953. The molecule has 0 amide bonds. The summed E-state index contributed by atoms with van der Waals surface area (Å²) in [7, 11) is 1.82. The Balaban J connectivity index is 1.53. The number of piperidine rings is 1. The van der Waals surface area contributed by atoms with Gasteiger partial charge >= 0.3 is 0 Å². The number of methoxy groups -OCH3 is 1. The van der Waals surface area contributed by atoms with Crippen molar-refractivity contribution in [3.8, 4) is 0 Å². The van der Waals surface area contributed by atoms with Crippen LogP contribution in [0.1, 0.15) is 44.0 Å². The van der Waals surface area contributed by atoms with Gasteiger partial charge in [-0.15, -0.1) is 0 Å². The van der Waals surface area contributed by atoms with Gasteiger partial charge in [0.2, 0.25) is 0 Å². The summed E-state index contributed by atoms with van der Waals surface area (Å²) in [6, 6.07) is 1.80. The first-order valence-electron chi connectivity index (χ1n) is 10.6. The second kappa shape index (κ2) is 9.40. The van der Waals surface area contributed by atoms with Gasteiger partial charge in [0, 0.05) is 31.3 Å². The molecular formula is C22H28Cl2N4O2S. The van der Waals surface area contributed by atoms with Crippen molar-refractivity contribution in [1.82, 2.24) is 15.0 Å². The van der Waals surface area contributed by atoms with Gasteiger partial charge in [0.25, 0.3) is 0 Å². The van der Waals surface area contributed by atoms with E-state index in [1.807, 2.05) is 14.0 Å². The van der Waals surface area contributed by atoms with Gasteiger partial charge in [-0.3, -0.25) is 0 Å². The maximum atomic E-state index is 10.0. The fourth-order valence-electron chi connectivity index (χ4n) is 4.99. The first-order valence-corrected chi connectivity index (χ1v) is 12.2. The number of aromatic nitrogens is 3. The third-order valence-corrected chi connectivity index (χ3v) is 8.95. The molecule has 1 N–H and O–H groups in total. The molecule has 0 radical (unpaired) electrons. The topological polar surface area (TPSA) is 71.4 Å². The van der Waals surface area contributed by atoms with Crippen LogP contribution in [0.15, 0.2) is 22.2 Å². The number of halogens is 2. The molecule has 31 heavy (non-hydrogen) atoms. The second-order valence-electron chi connectivity index (χ2n) is 8.61. The number of aliphatic hydroxyl groups is 1. The van der Waals surface area contributed by atoms with Crippen molar-refractivity contribution in [3.05, 3.63) is 33.8 Å². The second-order valence-corrected chi connectivity index (χ2v) is 10.4. The van der Waals surface area contributed by atoms with Crippen LogP contribution >= 0.6 is 35.0 Å². The largest absolute Gasteiger partial charge is 0.390 e. The minimum atomic E-state index is -0.162. The van der Waals surface area contributed by atoms with E-state index < -0.39 is 0 Å². The third-order valence-electron chi connectivity index (χ3n) is 6.93. The van der Waals surface area contributed by atoms with Crippen LogP contribution in [0.3, 0.4) is 0 Å². The van der Waals surface area contributed by atoms with Crippen LogP contribution < -0.4 is 4.90 Å². The van der Waals surface area contributed by atoms with Crippen LogP contribution in [0, 0.1) is 18.3 Å². The van der Waals surface area contributed by atoms with Crippen molar-refractivity contribution in [1.29, 1.82) is 0 Å². The average molecular weight is 483 g/mol. The number of nitrogens with zero attached hydrogens (tertiary/aromatic N) is 4. The van der Waals surface area contributed by atoms with E-state index in [9.17, 15) is 5.11 Å². The van der Waals surface area contributed by atoms with Gasteiger partial charge in [-0.05, 0) is 50.0 Å². The number of pyridine rings is 1. The number of aliphatic hydroxyl groups excluding tert-OH is 1. The predicted molar refractivity (Wildman–Crippen MR) is 124 cm³/mol. The quantitative estimate of drug-likeness (QED) is 0.589. The number of ether oxygens (including phenoxy) is 1. The zero-order chi connectivity index (χ0) is 22.2. The summed E-state index contributed by atoms with van der Waals surface area (Å²) in [6.45, 7) is 5.97. The lowest BCUT2D eigenvalue weighted by Gasteiger charge is -2.43. The molecule has 168 valence electrons. The van der Waals surface area contributed by atoms with Crippen LogP contribution in [-0.2, 0) is 11.3 Å². The molecule has 0 bridgehead atoms. The maximum absolute atomic E-state index is 10.0. The highest BCUT2D eigenvalue weighted by atomic mass is 35.5. The van der Waals surface area contributed by atoms with Crippen LogP contribution in [0.2, 0.25) is 10.2 Å². The van der Waals surface area contributed by atoms with Crippen molar-refractivity contribution < 1.29 is 9.84 Å². The predicted octanol–water partition coefficient (Wildman–Crippen LogP) is 5.16. The number of anilines is 1. The van der Waals surface area contributed by atoms with Crippen LogP contribution in [0.4, 0.5) is 5.82 Å².